The van der Waals surface area contributed by atoms with Crippen LogP contribution in [0.4, 0.5) is 4.79 Å². The summed E-state index contributed by atoms with van der Waals surface area (Å²) in [5, 5.41) is 0. The molecule has 0 fully saturated rings. The van der Waals surface area contributed by atoms with E-state index in [-0.39, 0.29) is 10.3 Å². The minimum Gasteiger partial charge on any atom is -0.754 e. The van der Waals surface area contributed by atoms with Crippen molar-refractivity contribution in [2.24, 2.45) is 0 Å². The summed E-state index contributed by atoms with van der Waals surface area (Å²) in [6.07, 6.45) is -0.849. The lowest BCUT2D eigenvalue weighted by molar-refractivity contribution is 0.144. The SMILES string of the molecule is CCOC(=O)N(S(=O)[O-])S(C)(=O)=O. The average Bonchev–Trinajstić information content (AvgIpc) is 1.82. The van der Waals surface area contributed by atoms with Crippen LogP contribution in [0.25, 0.3) is 0 Å². The van der Waals surface area contributed by atoms with Crippen molar-refractivity contribution < 1.29 is 26.7 Å². The Hall–Kier alpha value is -0.670. The largest absolute Gasteiger partial charge is 0.754 e. The third kappa shape index (κ3) is 3.70. The van der Waals surface area contributed by atoms with E-state index in [1.807, 2.05) is 0 Å². The number of amides is 1. The number of hydrogen-bond donors (Lipinski definition) is 0. The van der Waals surface area contributed by atoms with Crippen molar-refractivity contribution in [2.75, 3.05) is 12.9 Å². The zero-order valence-electron chi connectivity index (χ0n) is 6.92. The van der Waals surface area contributed by atoms with Crippen LogP contribution in [0.1, 0.15) is 6.92 Å². The van der Waals surface area contributed by atoms with Gasteiger partial charge in [-0.25, -0.2) is 13.2 Å². The molecule has 1 unspecified atom stereocenters. The number of hydrogen-bond acceptors (Lipinski definition) is 6. The highest BCUT2D eigenvalue weighted by atomic mass is 32.3. The summed E-state index contributed by atoms with van der Waals surface area (Å²) in [5.41, 5.74) is 0. The molecule has 0 aliphatic carbocycles. The molecule has 0 saturated carbocycles. The van der Waals surface area contributed by atoms with E-state index < -0.39 is 27.4 Å². The van der Waals surface area contributed by atoms with Gasteiger partial charge in [-0.3, -0.25) is 4.21 Å². The Bertz CT molecular complexity index is 309. The first-order chi connectivity index (χ1) is 5.80. The molecule has 1 atom stereocenters. The number of nitrogens with zero attached hydrogens (tertiary/aromatic N) is 1. The molecule has 13 heavy (non-hydrogen) atoms. The highest BCUT2D eigenvalue weighted by Crippen LogP contribution is 2.03. The smallest absolute Gasteiger partial charge is 0.435 e. The molecule has 0 aromatic rings. The maximum atomic E-state index is 10.8. The van der Waals surface area contributed by atoms with E-state index in [4.69, 9.17) is 0 Å². The normalized spacial score (nSPS) is 13.5. The van der Waals surface area contributed by atoms with Gasteiger partial charge in [-0.15, -0.1) is 3.71 Å². The highest BCUT2D eigenvalue weighted by molar-refractivity contribution is 7.99. The Morgan fingerprint density at radius 3 is 2.31 bits per heavy atom. The zero-order valence-corrected chi connectivity index (χ0v) is 8.55. The van der Waals surface area contributed by atoms with Gasteiger partial charge in [0, 0.05) is 0 Å². The summed E-state index contributed by atoms with van der Waals surface area (Å²) in [4.78, 5) is 10.8. The molecule has 0 radical (unpaired) electrons. The third-order valence-corrected chi connectivity index (χ3v) is 3.20. The summed E-state index contributed by atoms with van der Waals surface area (Å²) >= 11 is -3.18. The van der Waals surface area contributed by atoms with Gasteiger partial charge >= 0.3 is 6.09 Å². The topological polar surface area (TPSA) is 104 Å². The van der Waals surface area contributed by atoms with Crippen molar-refractivity contribution >= 4 is 27.4 Å². The summed E-state index contributed by atoms with van der Waals surface area (Å²) in [5.74, 6) is 0. The van der Waals surface area contributed by atoms with E-state index in [0.29, 0.717) is 6.26 Å². The molecule has 1 amide bonds. The molecule has 9 heteroatoms. The first-order valence-electron chi connectivity index (χ1n) is 3.07. The first-order valence-corrected chi connectivity index (χ1v) is 5.95. The van der Waals surface area contributed by atoms with Gasteiger partial charge in [-0.05, 0) is 6.92 Å². The van der Waals surface area contributed by atoms with Crippen LogP contribution in [0.3, 0.4) is 0 Å². The maximum absolute atomic E-state index is 10.8. The van der Waals surface area contributed by atoms with Gasteiger partial charge in [0.25, 0.3) is 0 Å². The quantitative estimate of drug-likeness (QED) is 0.588. The molecular formula is C4H8NO6S2-. The monoisotopic (exact) mass is 230 g/mol. The molecular weight excluding hydrogens is 222 g/mol. The zero-order chi connectivity index (χ0) is 10.6. The maximum Gasteiger partial charge on any atom is 0.435 e. The van der Waals surface area contributed by atoms with Crippen molar-refractivity contribution in [3.8, 4) is 0 Å². The summed E-state index contributed by atoms with van der Waals surface area (Å²) in [6.45, 7) is 1.31. The minimum atomic E-state index is -4.14. The van der Waals surface area contributed by atoms with Gasteiger partial charge in [-0.1, -0.05) is 0 Å². The predicted molar refractivity (Wildman–Crippen MR) is 42.6 cm³/mol. The van der Waals surface area contributed by atoms with Gasteiger partial charge in [0.15, 0.2) is 0 Å². The van der Waals surface area contributed by atoms with E-state index in [2.05, 4.69) is 4.74 Å². The molecule has 0 aromatic heterocycles. The van der Waals surface area contributed by atoms with Crippen LogP contribution in [0.5, 0.6) is 0 Å². The van der Waals surface area contributed by atoms with Crippen molar-refractivity contribution in [3.63, 3.8) is 0 Å². The Balaban J connectivity index is 4.85. The number of ether oxygens (including phenoxy) is 1. The van der Waals surface area contributed by atoms with Crippen molar-refractivity contribution in [1.82, 2.24) is 3.71 Å². The first kappa shape index (κ1) is 12.3. The lowest BCUT2D eigenvalue weighted by atomic mass is 10.9. The molecule has 0 saturated heterocycles. The fraction of sp³-hybridized carbons (Fsp3) is 0.750. The second-order valence-electron chi connectivity index (χ2n) is 1.91. The number of rotatable bonds is 3. The Labute approximate surface area is 78.1 Å². The summed E-state index contributed by atoms with van der Waals surface area (Å²) in [6, 6.07) is 0. The molecule has 7 nitrogen and oxygen atoms in total. The molecule has 0 bridgehead atoms. The van der Waals surface area contributed by atoms with Crippen molar-refractivity contribution in [1.29, 1.82) is 0 Å². The summed E-state index contributed by atoms with van der Waals surface area (Å²) in [7, 11) is -4.14. The predicted octanol–water partition coefficient (Wildman–Crippen LogP) is -0.801. The third-order valence-electron chi connectivity index (χ3n) is 0.853. The Kier molecular flexibility index (Phi) is 4.30. The Morgan fingerprint density at radius 2 is 2.08 bits per heavy atom. The standard InChI is InChI=1S/C4H9NO6S2/c1-3-11-4(6)5(12(7)8)13(2,9)10/h3H2,1-2H3,(H,7,8)/p-1. The van der Waals surface area contributed by atoms with E-state index in [1.54, 1.807) is 0 Å². The van der Waals surface area contributed by atoms with Gasteiger partial charge in [0.2, 0.25) is 10.0 Å². The van der Waals surface area contributed by atoms with Gasteiger partial charge in [-0.2, -0.15) is 0 Å². The lowest BCUT2D eigenvalue weighted by Gasteiger charge is -2.20. The Morgan fingerprint density at radius 1 is 1.62 bits per heavy atom. The summed E-state index contributed by atoms with van der Waals surface area (Å²) < 4.78 is 45.9. The average molecular weight is 230 g/mol. The molecule has 0 spiro atoms. The van der Waals surface area contributed by atoms with Crippen LogP contribution in [0.15, 0.2) is 0 Å². The van der Waals surface area contributed by atoms with E-state index in [1.165, 1.54) is 6.92 Å². The van der Waals surface area contributed by atoms with E-state index in [0.717, 1.165) is 0 Å². The minimum absolute atomic E-state index is 0.109. The van der Waals surface area contributed by atoms with E-state index >= 15 is 0 Å². The molecule has 0 N–H and O–H groups in total. The fourth-order valence-corrected chi connectivity index (χ4v) is 1.87. The second-order valence-corrected chi connectivity index (χ2v) is 4.77. The van der Waals surface area contributed by atoms with Gasteiger partial charge in [0.1, 0.15) is 0 Å². The molecule has 0 aliphatic heterocycles. The lowest BCUT2D eigenvalue weighted by Crippen LogP contribution is -2.37. The molecule has 0 aromatic carbocycles. The van der Waals surface area contributed by atoms with Gasteiger partial charge in [0.05, 0.1) is 24.1 Å². The van der Waals surface area contributed by atoms with Crippen molar-refractivity contribution in [3.05, 3.63) is 0 Å². The van der Waals surface area contributed by atoms with Gasteiger partial charge < -0.3 is 9.29 Å². The van der Waals surface area contributed by atoms with Crippen LogP contribution < -0.4 is 0 Å². The van der Waals surface area contributed by atoms with Crippen LogP contribution in [0.2, 0.25) is 0 Å². The van der Waals surface area contributed by atoms with Crippen LogP contribution >= 0.6 is 0 Å². The second kappa shape index (κ2) is 4.53. The number of carbonyl (C=O) groups is 1. The van der Waals surface area contributed by atoms with Crippen molar-refractivity contribution in [2.45, 2.75) is 6.92 Å². The van der Waals surface area contributed by atoms with Crippen LogP contribution in [0, 0.1) is 0 Å². The number of carbonyl (C=O) groups excluding carboxylic acids is 1. The van der Waals surface area contributed by atoms with Crippen LogP contribution in [-0.4, -0.2) is 39.8 Å². The molecule has 0 heterocycles. The highest BCUT2D eigenvalue weighted by Gasteiger charge is 2.25. The molecule has 0 aliphatic rings. The fourth-order valence-electron chi connectivity index (χ4n) is 0.483. The number of sulfonamides is 1. The van der Waals surface area contributed by atoms with E-state index in [9.17, 15) is 22.0 Å². The van der Waals surface area contributed by atoms with Crippen LogP contribution in [-0.2, 0) is 26.0 Å². The molecule has 0 rings (SSSR count). The molecule has 78 valence electrons.